The average molecular weight is 223 g/mol. The van der Waals surface area contributed by atoms with E-state index in [0.29, 0.717) is 17.9 Å². The van der Waals surface area contributed by atoms with Crippen LogP contribution in [-0.2, 0) is 13.6 Å². The van der Waals surface area contributed by atoms with Crippen LogP contribution in [0.25, 0.3) is 0 Å². The molecule has 5 heteroatoms. The van der Waals surface area contributed by atoms with Gasteiger partial charge < -0.3 is 5.32 Å². The standard InChI is InChI=1S/C11H11F2N3/c1-16-3-2-11(15-16)14-7-8-4-9(12)6-10(13)5-8/h2-6H,7H2,1H3,(H,14,15). The maximum absolute atomic E-state index is 12.9. The number of aryl methyl sites for hydroxylation is 1. The zero-order valence-corrected chi connectivity index (χ0v) is 8.74. The van der Waals surface area contributed by atoms with Crippen LogP contribution in [0.4, 0.5) is 14.6 Å². The molecule has 0 aliphatic heterocycles. The summed E-state index contributed by atoms with van der Waals surface area (Å²) in [5, 5.41) is 7.06. The summed E-state index contributed by atoms with van der Waals surface area (Å²) in [6.07, 6.45) is 1.79. The Labute approximate surface area is 91.7 Å². The van der Waals surface area contributed by atoms with Crippen LogP contribution in [0.1, 0.15) is 5.56 Å². The highest BCUT2D eigenvalue weighted by atomic mass is 19.1. The number of aromatic nitrogens is 2. The molecule has 0 aliphatic rings. The lowest BCUT2D eigenvalue weighted by Crippen LogP contribution is -2.01. The monoisotopic (exact) mass is 223 g/mol. The molecule has 0 saturated heterocycles. The van der Waals surface area contributed by atoms with Crippen LogP contribution in [-0.4, -0.2) is 9.78 Å². The van der Waals surface area contributed by atoms with Crippen molar-refractivity contribution in [1.29, 1.82) is 0 Å². The van der Waals surface area contributed by atoms with E-state index >= 15 is 0 Å². The van der Waals surface area contributed by atoms with E-state index in [2.05, 4.69) is 10.4 Å². The SMILES string of the molecule is Cn1ccc(NCc2cc(F)cc(F)c2)n1. The molecule has 0 bridgehead atoms. The summed E-state index contributed by atoms with van der Waals surface area (Å²) in [7, 11) is 1.80. The first-order valence-corrected chi connectivity index (χ1v) is 4.82. The summed E-state index contributed by atoms with van der Waals surface area (Å²) < 4.78 is 27.4. The normalized spacial score (nSPS) is 10.4. The largest absolute Gasteiger partial charge is 0.365 e. The van der Waals surface area contributed by atoms with Gasteiger partial charge in [-0.3, -0.25) is 4.68 Å². The zero-order valence-electron chi connectivity index (χ0n) is 8.74. The molecule has 0 unspecified atom stereocenters. The molecule has 0 saturated carbocycles. The minimum Gasteiger partial charge on any atom is -0.365 e. The Morgan fingerprint density at radius 2 is 1.94 bits per heavy atom. The second kappa shape index (κ2) is 4.30. The smallest absolute Gasteiger partial charge is 0.148 e. The van der Waals surface area contributed by atoms with Crippen LogP contribution in [0.15, 0.2) is 30.5 Å². The Morgan fingerprint density at radius 1 is 1.25 bits per heavy atom. The molecule has 0 aliphatic carbocycles. The van der Waals surface area contributed by atoms with E-state index in [1.54, 1.807) is 24.0 Å². The van der Waals surface area contributed by atoms with Gasteiger partial charge in [-0.05, 0) is 17.7 Å². The number of hydrogen-bond acceptors (Lipinski definition) is 2. The number of rotatable bonds is 3. The number of anilines is 1. The third kappa shape index (κ3) is 2.56. The van der Waals surface area contributed by atoms with Crippen LogP contribution in [0, 0.1) is 11.6 Å². The molecule has 1 aromatic carbocycles. The summed E-state index contributed by atoms with van der Waals surface area (Å²) >= 11 is 0. The molecular formula is C11H11F2N3. The lowest BCUT2D eigenvalue weighted by Gasteiger charge is -2.03. The molecule has 84 valence electrons. The number of halogens is 2. The number of benzene rings is 1. The summed E-state index contributed by atoms with van der Waals surface area (Å²) in [6, 6.07) is 5.22. The van der Waals surface area contributed by atoms with Gasteiger partial charge in [-0.15, -0.1) is 0 Å². The summed E-state index contributed by atoms with van der Waals surface area (Å²) in [6.45, 7) is 0.339. The minimum absolute atomic E-state index is 0.339. The Balaban J connectivity index is 2.04. The van der Waals surface area contributed by atoms with Gasteiger partial charge in [0, 0.05) is 31.9 Å². The maximum Gasteiger partial charge on any atom is 0.148 e. The van der Waals surface area contributed by atoms with E-state index in [1.807, 2.05) is 0 Å². The van der Waals surface area contributed by atoms with Crippen molar-refractivity contribution < 1.29 is 8.78 Å². The molecule has 0 atom stereocenters. The van der Waals surface area contributed by atoms with Crippen molar-refractivity contribution in [2.75, 3.05) is 5.32 Å². The first-order chi connectivity index (χ1) is 7.63. The Bertz CT molecular complexity index is 473. The molecule has 0 radical (unpaired) electrons. The molecule has 0 amide bonds. The third-order valence-electron chi connectivity index (χ3n) is 2.11. The first kappa shape index (κ1) is 10.6. The van der Waals surface area contributed by atoms with E-state index in [9.17, 15) is 8.78 Å². The molecule has 2 rings (SSSR count). The minimum atomic E-state index is -0.571. The van der Waals surface area contributed by atoms with Crippen LogP contribution in [0.3, 0.4) is 0 Å². The van der Waals surface area contributed by atoms with E-state index in [0.717, 1.165) is 6.07 Å². The van der Waals surface area contributed by atoms with Crippen molar-refractivity contribution in [2.45, 2.75) is 6.54 Å². The number of hydrogen-bond donors (Lipinski definition) is 1. The molecule has 2 aromatic rings. The van der Waals surface area contributed by atoms with Gasteiger partial charge in [-0.25, -0.2) is 8.78 Å². The first-order valence-electron chi connectivity index (χ1n) is 4.82. The molecule has 0 fully saturated rings. The van der Waals surface area contributed by atoms with E-state index < -0.39 is 11.6 Å². The van der Waals surface area contributed by atoms with Crippen molar-refractivity contribution in [3.8, 4) is 0 Å². The van der Waals surface area contributed by atoms with Crippen molar-refractivity contribution in [3.05, 3.63) is 47.7 Å². The summed E-state index contributed by atoms with van der Waals surface area (Å²) in [5.41, 5.74) is 0.545. The quantitative estimate of drug-likeness (QED) is 0.865. The molecule has 1 N–H and O–H groups in total. The lowest BCUT2D eigenvalue weighted by molar-refractivity contribution is 0.580. The Morgan fingerprint density at radius 3 is 2.50 bits per heavy atom. The molecule has 16 heavy (non-hydrogen) atoms. The van der Waals surface area contributed by atoms with E-state index in [4.69, 9.17) is 0 Å². The number of nitrogens with one attached hydrogen (secondary N) is 1. The van der Waals surface area contributed by atoms with Crippen molar-refractivity contribution in [3.63, 3.8) is 0 Å². The highest BCUT2D eigenvalue weighted by Gasteiger charge is 2.01. The van der Waals surface area contributed by atoms with Gasteiger partial charge in [-0.2, -0.15) is 5.10 Å². The maximum atomic E-state index is 12.9. The van der Waals surface area contributed by atoms with E-state index in [-0.39, 0.29) is 0 Å². The number of nitrogens with zero attached hydrogens (tertiary/aromatic N) is 2. The second-order valence-electron chi connectivity index (χ2n) is 3.51. The molecule has 3 nitrogen and oxygen atoms in total. The molecule has 1 aromatic heterocycles. The second-order valence-corrected chi connectivity index (χ2v) is 3.51. The zero-order chi connectivity index (χ0) is 11.5. The van der Waals surface area contributed by atoms with Crippen LogP contribution < -0.4 is 5.32 Å². The summed E-state index contributed by atoms with van der Waals surface area (Å²) in [5.74, 6) is -0.470. The average Bonchev–Trinajstić information content (AvgIpc) is 2.60. The Kier molecular flexibility index (Phi) is 2.85. The fourth-order valence-electron chi connectivity index (χ4n) is 1.41. The molecule has 0 spiro atoms. The van der Waals surface area contributed by atoms with Gasteiger partial charge in [0.2, 0.25) is 0 Å². The van der Waals surface area contributed by atoms with Crippen LogP contribution in [0.5, 0.6) is 0 Å². The topological polar surface area (TPSA) is 29.9 Å². The van der Waals surface area contributed by atoms with Gasteiger partial charge >= 0.3 is 0 Å². The fourth-order valence-corrected chi connectivity index (χ4v) is 1.41. The lowest BCUT2D eigenvalue weighted by atomic mass is 10.2. The van der Waals surface area contributed by atoms with Gasteiger partial charge in [0.15, 0.2) is 0 Å². The van der Waals surface area contributed by atoms with Crippen molar-refractivity contribution in [2.24, 2.45) is 7.05 Å². The predicted octanol–water partition coefficient (Wildman–Crippen LogP) is 2.31. The van der Waals surface area contributed by atoms with Gasteiger partial charge in [0.25, 0.3) is 0 Å². The van der Waals surface area contributed by atoms with Crippen molar-refractivity contribution in [1.82, 2.24) is 9.78 Å². The highest BCUT2D eigenvalue weighted by Crippen LogP contribution is 2.10. The predicted molar refractivity (Wildman–Crippen MR) is 56.9 cm³/mol. The van der Waals surface area contributed by atoms with Crippen molar-refractivity contribution >= 4 is 5.82 Å². The van der Waals surface area contributed by atoms with E-state index in [1.165, 1.54) is 12.1 Å². The third-order valence-corrected chi connectivity index (χ3v) is 2.11. The molecule has 1 heterocycles. The van der Waals surface area contributed by atoms with Gasteiger partial charge in [-0.1, -0.05) is 0 Å². The highest BCUT2D eigenvalue weighted by molar-refractivity contribution is 5.34. The van der Waals surface area contributed by atoms with Gasteiger partial charge in [0.1, 0.15) is 17.5 Å². The van der Waals surface area contributed by atoms with Crippen LogP contribution in [0.2, 0.25) is 0 Å². The Hall–Kier alpha value is -1.91. The summed E-state index contributed by atoms with van der Waals surface area (Å²) in [4.78, 5) is 0. The van der Waals surface area contributed by atoms with Gasteiger partial charge in [0.05, 0.1) is 0 Å². The molecular weight excluding hydrogens is 212 g/mol. The fraction of sp³-hybridized carbons (Fsp3) is 0.182. The van der Waals surface area contributed by atoms with Crippen LogP contribution >= 0.6 is 0 Å².